The summed E-state index contributed by atoms with van der Waals surface area (Å²) < 4.78 is 7.86. The number of rotatable bonds is 9. The molecule has 0 spiro atoms. The van der Waals surface area contributed by atoms with Gasteiger partial charge < -0.3 is 9.30 Å². The van der Waals surface area contributed by atoms with Crippen molar-refractivity contribution in [3.05, 3.63) is 29.0 Å². The molecule has 0 aliphatic carbocycles. The Morgan fingerprint density at radius 2 is 2.05 bits per heavy atom. The van der Waals surface area contributed by atoms with Crippen molar-refractivity contribution < 1.29 is 4.74 Å². The van der Waals surface area contributed by atoms with Gasteiger partial charge in [-0.2, -0.15) is 0 Å². The van der Waals surface area contributed by atoms with Crippen molar-refractivity contribution in [1.82, 2.24) is 9.55 Å². The zero-order valence-corrected chi connectivity index (χ0v) is 14.0. The predicted molar refractivity (Wildman–Crippen MR) is 89.5 cm³/mol. The van der Waals surface area contributed by atoms with Gasteiger partial charge in [0.15, 0.2) is 0 Å². The van der Waals surface area contributed by atoms with Crippen LogP contribution in [0.3, 0.4) is 0 Å². The second-order valence-electron chi connectivity index (χ2n) is 5.07. The Morgan fingerprint density at radius 3 is 2.81 bits per heavy atom. The largest absolute Gasteiger partial charge is 0.381 e. The van der Waals surface area contributed by atoms with Crippen LogP contribution in [0.5, 0.6) is 0 Å². The fraction of sp³-hybridized carbons (Fsp3) is 0.562. The third kappa shape index (κ3) is 4.60. The molecule has 5 heteroatoms. The third-order valence-electron chi connectivity index (χ3n) is 3.42. The molecule has 1 aromatic carbocycles. The van der Waals surface area contributed by atoms with E-state index in [4.69, 9.17) is 27.9 Å². The maximum Gasteiger partial charge on any atom is 0.111 e. The number of ether oxygens (including phenoxy) is 1. The number of imidazole rings is 1. The van der Waals surface area contributed by atoms with Crippen LogP contribution in [-0.2, 0) is 17.7 Å². The van der Waals surface area contributed by atoms with Crippen LogP contribution >= 0.6 is 23.2 Å². The van der Waals surface area contributed by atoms with Crippen LogP contribution in [0.1, 0.15) is 32.0 Å². The molecule has 0 fully saturated rings. The number of hydrogen-bond acceptors (Lipinski definition) is 2. The van der Waals surface area contributed by atoms with E-state index < -0.39 is 0 Å². The van der Waals surface area contributed by atoms with Crippen molar-refractivity contribution in [2.24, 2.45) is 0 Å². The van der Waals surface area contributed by atoms with Crippen molar-refractivity contribution in [2.75, 3.05) is 19.1 Å². The lowest BCUT2D eigenvalue weighted by molar-refractivity contribution is 0.126. The van der Waals surface area contributed by atoms with Gasteiger partial charge in [-0.25, -0.2) is 4.98 Å². The highest BCUT2D eigenvalue weighted by atomic mass is 35.5. The van der Waals surface area contributed by atoms with E-state index in [1.807, 2.05) is 18.2 Å². The van der Waals surface area contributed by atoms with Crippen molar-refractivity contribution in [3.63, 3.8) is 0 Å². The molecule has 0 unspecified atom stereocenters. The van der Waals surface area contributed by atoms with E-state index >= 15 is 0 Å². The Bertz CT molecular complexity index is 569. The number of nitrogens with zero attached hydrogens (tertiary/aromatic N) is 2. The monoisotopic (exact) mass is 328 g/mol. The summed E-state index contributed by atoms with van der Waals surface area (Å²) in [4.78, 5) is 4.64. The lowest BCUT2D eigenvalue weighted by atomic mass is 10.3. The van der Waals surface area contributed by atoms with Crippen LogP contribution < -0.4 is 0 Å². The Kier molecular flexibility index (Phi) is 6.81. The van der Waals surface area contributed by atoms with E-state index in [0.29, 0.717) is 10.9 Å². The van der Waals surface area contributed by atoms with E-state index in [1.165, 1.54) is 6.42 Å². The summed E-state index contributed by atoms with van der Waals surface area (Å²) in [7, 11) is 0. The zero-order chi connectivity index (χ0) is 15.1. The smallest absolute Gasteiger partial charge is 0.111 e. The standard InChI is InChI=1S/C16H22Cl2N2O/c1-2-3-10-21-11-4-9-20-15-6-5-13(18)12-14(15)19-16(20)7-8-17/h5-6,12H,2-4,7-11H2,1H3. The SMILES string of the molecule is CCCCOCCCn1c(CCCl)nc2cc(Cl)ccc21. The van der Waals surface area contributed by atoms with Crippen molar-refractivity contribution in [1.29, 1.82) is 0 Å². The molecule has 3 nitrogen and oxygen atoms in total. The maximum atomic E-state index is 6.04. The first-order valence-corrected chi connectivity index (χ1v) is 8.46. The number of benzene rings is 1. The Morgan fingerprint density at radius 1 is 1.24 bits per heavy atom. The molecule has 2 rings (SSSR count). The fourth-order valence-corrected chi connectivity index (χ4v) is 2.69. The summed E-state index contributed by atoms with van der Waals surface area (Å²) in [6, 6.07) is 5.84. The van der Waals surface area contributed by atoms with Crippen molar-refractivity contribution in [2.45, 2.75) is 39.2 Å². The lowest BCUT2D eigenvalue weighted by Gasteiger charge is -2.09. The lowest BCUT2D eigenvalue weighted by Crippen LogP contribution is -2.07. The topological polar surface area (TPSA) is 27.1 Å². The summed E-state index contributed by atoms with van der Waals surface area (Å²) in [5.74, 6) is 1.60. The quantitative estimate of drug-likeness (QED) is 0.493. The fourth-order valence-electron chi connectivity index (χ4n) is 2.35. The molecule has 0 aliphatic heterocycles. The number of halogens is 2. The molecule has 116 valence electrons. The van der Waals surface area contributed by atoms with Crippen LogP contribution in [0.2, 0.25) is 5.02 Å². The predicted octanol–water partition coefficient (Wildman–Crippen LogP) is 4.68. The highest BCUT2D eigenvalue weighted by molar-refractivity contribution is 6.31. The average molecular weight is 329 g/mol. The van der Waals surface area contributed by atoms with Gasteiger partial charge in [0, 0.05) is 37.1 Å². The van der Waals surface area contributed by atoms with Gasteiger partial charge in [-0.05, 0) is 31.0 Å². The first kappa shape index (κ1) is 16.6. The normalized spacial score (nSPS) is 11.4. The number of hydrogen-bond donors (Lipinski definition) is 0. The van der Waals surface area contributed by atoms with E-state index in [1.54, 1.807) is 0 Å². The molecule has 0 atom stereocenters. The summed E-state index contributed by atoms with van der Waals surface area (Å²) in [6.45, 7) is 4.71. The maximum absolute atomic E-state index is 6.04. The van der Waals surface area contributed by atoms with Gasteiger partial charge in [0.05, 0.1) is 11.0 Å². The summed E-state index contributed by atoms with van der Waals surface area (Å²) in [6.07, 6.45) is 4.05. The second kappa shape index (κ2) is 8.62. The molecule has 0 aliphatic rings. The molecular weight excluding hydrogens is 307 g/mol. The van der Waals surface area contributed by atoms with E-state index in [0.717, 1.165) is 55.9 Å². The zero-order valence-electron chi connectivity index (χ0n) is 12.4. The molecule has 0 saturated heterocycles. The summed E-state index contributed by atoms with van der Waals surface area (Å²) in [5, 5.41) is 0.715. The molecule has 0 saturated carbocycles. The molecule has 0 amide bonds. The minimum absolute atomic E-state index is 0.573. The Hall–Kier alpha value is -0.770. The van der Waals surface area contributed by atoms with Gasteiger partial charge in [0.1, 0.15) is 5.82 Å². The molecule has 1 heterocycles. The highest BCUT2D eigenvalue weighted by Crippen LogP contribution is 2.21. The number of unbranched alkanes of at least 4 members (excludes halogenated alkanes) is 1. The first-order chi connectivity index (χ1) is 10.3. The van der Waals surface area contributed by atoms with E-state index in [9.17, 15) is 0 Å². The van der Waals surface area contributed by atoms with Crippen LogP contribution in [0.4, 0.5) is 0 Å². The van der Waals surface area contributed by atoms with Crippen molar-refractivity contribution in [3.8, 4) is 0 Å². The molecule has 1 aromatic heterocycles. The van der Waals surface area contributed by atoms with Gasteiger partial charge in [-0.15, -0.1) is 11.6 Å². The van der Waals surface area contributed by atoms with Gasteiger partial charge in [-0.1, -0.05) is 24.9 Å². The van der Waals surface area contributed by atoms with E-state index in [-0.39, 0.29) is 0 Å². The van der Waals surface area contributed by atoms with Crippen LogP contribution in [-0.4, -0.2) is 28.6 Å². The minimum atomic E-state index is 0.573. The minimum Gasteiger partial charge on any atom is -0.381 e. The third-order valence-corrected chi connectivity index (χ3v) is 3.84. The Balaban J connectivity index is 2.04. The molecule has 0 radical (unpaired) electrons. The second-order valence-corrected chi connectivity index (χ2v) is 5.89. The Labute approximate surface area is 136 Å². The molecule has 2 aromatic rings. The van der Waals surface area contributed by atoms with Gasteiger partial charge >= 0.3 is 0 Å². The molecular formula is C16H22Cl2N2O. The number of fused-ring (bicyclic) bond motifs is 1. The van der Waals surface area contributed by atoms with Crippen LogP contribution in [0.25, 0.3) is 11.0 Å². The number of aromatic nitrogens is 2. The average Bonchev–Trinajstić information content (AvgIpc) is 2.80. The number of alkyl halides is 1. The molecule has 0 bridgehead atoms. The van der Waals surface area contributed by atoms with Gasteiger partial charge in [-0.3, -0.25) is 0 Å². The summed E-state index contributed by atoms with van der Waals surface area (Å²) >= 11 is 11.9. The molecule has 0 N–H and O–H groups in total. The van der Waals surface area contributed by atoms with Crippen molar-refractivity contribution >= 4 is 34.2 Å². The van der Waals surface area contributed by atoms with E-state index in [2.05, 4.69) is 16.5 Å². The van der Waals surface area contributed by atoms with Crippen LogP contribution in [0, 0.1) is 0 Å². The van der Waals surface area contributed by atoms with Gasteiger partial charge in [0.2, 0.25) is 0 Å². The van der Waals surface area contributed by atoms with Crippen LogP contribution in [0.15, 0.2) is 18.2 Å². The molecule has 21 heavy (non-hydrogen) atoms. The summed E-state index contributed by atoms with van der Waals surface area (Å²) in [5.41, 5.74) is 2.06. The first-order valence-electron chi connectivity index (χ1n) is 7.54. The van der Waals surface area contributed by atoms with Gasteiger partial charge in [0.25, 0.3) is 0 Å². The number of aryl methyl sites for hydroxylation is 2. The highest BCUT2D eigenvalue weighted by Gasteiger charge is 2.10.